The van der Waals surface area contributed by atoms with Gasteiger partial charge in [0.25, 0.3) is 0 Å². The first-order valence-electron chi connectivity index (χ1n) is 7.25. The lowest BCUT2D eigenvalue weighted by atomic mass is 9.99. The van der Waals surface area contributed by atoms with Gasteiger partial charge in [-0.2, -0.15) is 5.10 Å². The van der Waals surface area contributed by atoms with Gasteiger partial charge in [-0.15, -0.1) is 0 Å². The standard InChI is InChI=1S/C14H24N4O/c1-9-13(8-15-2)14(17(3)16-9)18-10-4-5-11(18)7-12(19)6-10/h10-12,15,19H,4-8H2,1-3H3. The van der Waals surface area contributed by atoms with E-state index < -0.39 is 0 Å². The zero-order valence-corrected chi connectivity index (χ0v) is 12.1. The van der Waals surface area contributed by atoms with Crippen LogP contribution in [-0.2, 0) is 13.6 Å². The Morgan fingerprint density at radius 1 is 1.32 bits per heavy atom. The lowest BCUT2D eigenvalue weighted by molar-refractivity contribution is 0.125. The maximum Gasteiger partial charge on any atom is 0.131 e. The summed E-state index contributed by atoms with van der Waals surface area (Å²) < 4.78 is 2.02. The molecule has 2 bridgehead atoms. The maximum atomic E-state index is 9.94. The quantitative estimate of drug-likeness (QED) is 0.853. The van der Waals surface area contributed by atoms with Gasteiger partial charge in [0.05, 0.1) is 11.8 Å². The number of nitrogens with zero attached hydrogens (tertiary/aromatic N) is 3. The Morgan fingerprint density at radius 3 is 2.53 bits per heavy atom. The van der Waals surface area contributed by atoms with Gasteiger partial charge < -0.3 is 15.3 Å². The van der Waals surface area contributed by atoms with E-state index in [-0.39, 0.29) is 6.10 Å². The van der Waals surface area contributed by atoms with Crippen molar-refractivity contribution in [3.63, 3.8) is 0 Å². The number of hydrogen-bond donors (Lipinski definition) is 2. The summed E-state index contributed by atoms with van der Waals surface area (Å²) in [5, 5.41) is 17.8. The number of aryl methyl sites for hydroxylation is 2. The molecule has 19 heavy (non-hydrogen) atoms. The smallest absolute Gasteiger partial charge is 0.131 e. The highest BCUT2D eigenvalue weighted by atomic mass is 16.3. The molecule has 1 aromatic heterocycles. The van der Waals surface area contributed by atoms with Crippen LogP contribution in [0.1, 0.15) is 36.9 Å². The molecular formula is C14H24N4O. The molecule has 0 amide bonds. The van der Waals surface area contributed by atoms with Gasteiger partial charge in [0.1, 0.15) is 5.82 Å². The minimum atomic E-state index is -0.115. The number of nitrogens with one attached hydrogen (secondary N) is 1. The molecule has 2 aliphatic rings. The number of rotatable bonds is 3. The van der Waals surface area contributed by atoms with Crippen molar-refractivity contribution in [1.82, 2.24) is 15.1 Å². The number of piperidine rings is 1. The Balaban J connectivity index is 1.98. The number of aliphatic hydroxyl groups is 1. The largest absolute Gasteiger partial charge is 0.393 e. The molecule has 0 aliphatic carbocycles. The first kappa shape index (κ1) is 12.9. The van der Waals surface area contributed by atoms with Crippen LogP contribution >= 0.6 is 0 Å². The van der Waals surface area contributed by atoms with Crippen molar-refractivity contribution in [3.8, 4) is 0 Å². The van der Waals surface area contributed by atoms with Crippen molar-refractivity contribution in [1.29, 1.82) is 0 Å². The van der Waals surface area contributed by atoms with E-state index in [0.717, 1.165) is 25.1 Å². The summed E-state index contributed by atoms with van der Waals surface area (Å²) in [6, 6.07) is 0.971. The van der Waals surface area contributed by atoms with Crippen LogP contribution in [0.4, 0.5) is 5.82 Å². The maximum absolute atomic E-state index is 9.94. The summed E-state index contributed by atoms with van der Waals surface area (Å²) in [4.78, 5) is 2.53. The monoisotopic (exact) mass is 264 g/mol. The zero-order chi connectivity index (χ0) is 13.6. The summed E-state index contributed by atoms with van der Waals surface area (Å²) in [7, 11) is 4.01. The van der Waals surface area contributed by atoms with E-state index in [9.17, 15) is 5.11 Å². The third kappa shape index (κ3) is 2.05. The molecule has 3 heterocycles. The fourth-order valence-corrected chi connectivity index (χ4v) is 3.89. The van der Waals surface area contributed by atoms with Gasteiger partial charge >= 0.3 is 0 Å². The van der Waals surface area contributed by atoms with Gasteiger partial charge in [-0.3, -0.25) is 4.68 Å². The molecule has 2 fully saturated rings. The Morgan fingerprint density at radius 2 is 1.95 bits per heavy atom. The summed E-state index contributed by atoms with van der Waals surface area (Å²) in [5.41, 5.74) is 2.41. The molecule has 2 unspecified atom stereocenters. The molecule has 2 N–H and O–H groups in total. The van der Waals surface area contributed by atoms with E-state index in [1.54, 1.807) is 0 Å². The molecule has 0 saturated carbocycles. The Bertz CT molecular complexity index is 456. The highest BCUT2D eigenvalue weighted by Gasteiger charge is 2.42. The minimum absolute atomic E-state index is 0.115. The van der Waals surface area contributed by atoms with Crippen LogP contribution in [0.5, 0.6) is 0 Å². The van der Waals surface area contributed by atoms with Crippen LogP contribution in [0.25, 0.3) is 0 Å². The molecule has 106 valence electrons. The summed E-state index contributed by atoms with van der Waals surface area (Å²) in [5.74, 6) is 1.26. The normalized spacial score (nSPS) is 30.1. The lowest BCUT2D eigenvalue weighted by Gasteiger charge is -2.39. The van der Waals surface area contributed by atoms with Crippen LogP contribution in [0.15, 0.2) is 0 Å². The van der Waals surface area contributed by atoms with E-state index in [0.29, 0.717) is 12.1 Å². The second-order valence-corrected chi connectivity index (χ2v) is 5.96. The van der Waals surface area contributed by atoms with Gasteiger partial charge in [0.15, 0.2) is 0 Å². The van der Waals surface area contributed by atoms with Crippen molar-refractivity contribution in [2.75, 3.05) is 11.9 Å². The van der Waals surface area contributed by atoms with Crippen LogP contribution in [-0.4, -0.2) is 40.1 Å². The molecule has 2 saturated heterocycles. The predicted octanol–water partition coefficient (Wildman–Crippen LogP) is 0.940. The molecule has 1 aromatic rings. The van der Waals surface area contributed by atoms with Gasteiger partial charge in [-0.25, -0.2) is 0 Å². The van der Waals surface area contributed by atoms with Gasteiger partial charge in [0.2, 0.25) is 0 Å². The van der Waals surface area contributed by atoms with Crippen molar-refractivity contribution in [2.45, 2.75) is 57.3 Å². The Hall–Kier alpha value is -1.07. The third-order valence-corrected chi connectivity index (χ3v) is 4.62. The highest BCUT2D eigenvalue weighted by Crippen LogP contribution is 2.41. The topological polar surface area (TPSA) is 53.3 Å². The highest BCUT2D eigenvalue weighted by molar-refractivity contribution is 5.53. The molecular weight excluding hydrogens is 240 g/mol. The third-order valence-electron chi connectivity index (χ3n) is 4.62. The molecule has 3 rings (SSSR count). The van der Waals surface area contributed by atoms with E-state index in [2.05, 4.69) is 22.2 Å². The molecule has 2 aliphatic heterocycles. The fraction of sp³-hybridized carbons (Fsp3) is 0.786. The zero-order valence-electron chi connectivity index (χ0n) is 12.1. The van der Waals surface area contributed by atoms with E-state index in [4.69, 9.17) is 0 Å². The Kier molecular flexibility index (Phi) is 3.27. The molecule has 5 nitrogen and oxygen atoms in total. The van der Waals surface area contributed by atoms with Crippen molar-refractivity contribution < 1.29 is 5.11 Å². The summed E-state index contributed by atoms with van der Waals surface area (Å²) in [6.07, 6.45) is 4.09. The van der Waals surface area contributed by atoms with Crippen LogP contribution in [0, 0.1) is 6.92 Å². The van der Waals surface area contributed by atoms with Gasteiger partial charge in [-0.1, -0.05) is 0 Å². The number of anilines is 1. The van der Waals surface area contributed by atoms with E-state index in [1.165, 1.54) is 24.2 Å². The molecule has 5 heteroatoms. The number of aromatic nitrogens is 2. The fourth-order valence-electron chi connectivity index (χ4n) is 3.89. The first-order valence-corrected chi connectivity index (χ1v) is 7.25. The molecule has 0 spiro atoms. The lowest BCUT2D eigenvalue weighted by Crippen LogP contribution is -2.46. The van der Waals surface area contributed by atoms with Crippen molar-refractivity contribution >= 4 is 5.82 Å². The van der Waals surface area contributed by atoms with E-state index >= 15 is 0 Å². The first-order chi connectivity index (χ1) is 9.11. The van der Waals surface area contributed by atoms with Gasteiger partial charge in [0, 0.05) is 31.2 Å². The average molecular weight is 264 g/mol. The average Bonchev–Trinajstić information content (AvgIpc) is 2.76. The Labute approximate surface area is 114 Å². The second kappa shape index (κ2) is 4.80. The number of aliphatic hydroxyl groups excluding tert-OH is 1. The molecule has 0 aromatic carbocycles. The van der Waals surface area contributed by atoms with Crippen LogP contribution in [0.2, 0.25) is 0 Å². The summed E-state index contributed by atoms with van der Waals surface area (Å²) in [6.45, 7) is 2.93. The predicted molar refractivity (Wildman–Crippen MR) is 75.2 cm³/mol. The number of fused-ring (bicyclic) bond motifs is 2. The van der Waals surface area contributed by atoms with Gasteiger partial charge in [-0.05, 0) is 39.7 Å². The molecule has 0 radical (unpaired) electrons. The van der Waals surface area contributed by atoms with Crippen molar-refractivity contribution in [3.05, 3.63) is 11.3 Å². The summed E-state index contributed by atoms with van der Waals surface area (Å²) >= 11 is 0. The van der Waals surface area contributed by atoms with Crippen LogP contribution in [0.3, 0.4) is 0 Å². The van der Waals surface area contributed by atoms with E-state index in [1.807, 2.05) is 18.8 Å². The SMILES string of the molecule is CNCc1c(C)nn(C)c1N1C2CCC1CC(O)C2. The second-order valence-electron chi connectivity index (χ2n) is 5.96. The molecule has 2 atom stereocenters. The van der Waals surface area contributed by atoms with Crippen LogP contribution < -0.4 is 10.2 Å². The minimum Gasteiger partial charge on any atom is -0.393 e. The van der Waals surface area contributed by atoms with Crippen molar-refractivity contribution in [2.24, 2.45) is 7.05 Å². The number of hydrogen-bond acceptors (Lipinski definition) is 4.